The largest absolute Gasteiger partial charge is 0.507 e. The predicted molar refractivity (Wildman–Crippen MR) is 113 cm³/mol. The fraction of sp³-hybridized carbons (Fsp3) is 0.167. The van der Waals surface area contributed by atoms with Crippen molar-refractivity contribution in [1.82, 2.24) is 5.32 Å². The van der Waals surface area contributed by atoms with E-state index in [1.807, 2.05) is 60.7 Å². The summed E-state index contributed by atoms with van der Waals surface area (Å²) in [6.45, 7) is 0. The molecule has 148 valence electrons. The van der Waals surface area contributed by atoms with Crippen LogP contribution in [0.25, 0.3) is 5.70 Å². The van der Waals surface area contributed by atoms with Gasteiger partial charge in [0.2, 0.25) is 0 Å². The molecule has 0 radical (unpaired) electrons. The van der Waals surface area contributed by atoms with Crippen LogP contribution in [0.4, 0.5) is 0 Å². The first-order valence-electron chi connectivity index (χ1n) is 9.58. The molecule has 0 fully saturated rings. The summed E-state index contributed by atoms with van der Waals surface area (Å²) in [6, 6.07) is 23.4. The van der Waals surface area contributed by atoms with Crippen LogP contribution in [0.15, 0.2) is 78.9 Å². The standard InChI is InChI=1S/C24H24N2O3/c1-28-17-13-11-16(12-14-17)20-15-21(18-7-3-5-9-22(18)27)26-24(25-20)19-8-4-6-10-23(19)29-2/h3-15,21,24-27H,1-2H3/p+1. The quantitative estimate of drug-likeness (QED) is 0.626. The van der Waals surface area contributed by atoms with E-state index < -0.39 is 0 Å². The summed E-state index contributed by atoms with van der Waals surface area (Å²) in [7, 11) is 3.34. The number of aromatic hydroxyl groups is 1. The molecular weight excluding hydrogens is 364 g/mol. The maximum atomic E-state index is 10.4. The molecule has 0 bridgehead atoms. The molecule has 0 spiro atoms. The highest BCUT2D eigenvalue weighted by molar-refractivity contribution is 5.66. The zero-order chi connectivity index (χ0) is 20.2. The number of phenols is 1. The molecule has 3 aromatic carbocycles. The summed E-state index contributed by atoms with van der Waals surface area (Å²) in [5, 5.41) is 16.2. The van der Waals surface area contributed by atoms with Gasteiger partial charge in [0, 0.05) is 11.8 Å². The minimum atomic E-state index is -0.0714. The Bertz CT molecular complexity index is 1010. The number of phenolic OH excluding ortho intramolecular Hbond substituents is 1. The highest BCUT2D eigenvalue weighted by atomic mass is 16.5. The van der Waals surface area contributed by atoms with Crippen molar-refractivity contribution in [3.05, 3.63) is 95.6 Å². The van der Waals surface area contributed by atoms with E-state index in [2.05, 4.69) is 22.8 Å². The van der Waals surface area contributed by atoms with Crippen LogP contribution in [-0.4, -0.2) is 19.3 Å². The number of ether oxygens (including phenoxy) is 2. The molecule has 3 aromatic rings. The Morgan fingerprint density at radius 2 is 1.52 bits per heavy atom. The average Bonchev–Trinajstić information content (AvgIpc) is 2.79. The van der Waals surface area contributed by atoms with E-state index in [1.165, 1.54) is 0 Å². The molecule has 4 rings (SSSR count). The molecule has 0 saturated heterocycles. The Morgan fingerprint density at radius 1 is 0.828 bits per heavy atom. The first-order valence-corrected chi connectivity index (χ1v) is 9.58. The third kappa shape index (κ3) is 3.91. The first kappa shape index (κ1) is 18.9. The summed E-state index contributed by atoms with van der Waals surface area (Å²) in [5.41, 5.74) is 3.98. The molecule has 0 saturated carbocycles. The first-order chi connectivity index (χ1) is 14.2. The van der Waals surface area contributed by atoms with Gasteiger partial charge >= 0.3 is 0 Å². The van der Waals surface area contributed by atoms with Crippen molar-refractivity contribution in [3.63, 3.8) is 0 Å². The zero-order valence-electron chi connectivity index (χ0n) is 16.5. The Kier molecular flexibility index (Phi) is 5.40. The van der Waals surface area contributed by atoms with Crippen LogP contribution in [0.5, 0.6) is 17.2 Å². The van der Waals surface area contributed by atoms with Gasteiger partial charge in [-0.1, -0.05) is 24.3 Å². The summed E-state index contributed by atoms with van der Waals surface area (Å²) in [4.78, 5) is 0. The van der Waals surface area contributed by atoms with Gasteiger partial charge in [0.05, 0.1) is 25.3 Å². The number of benzene rings is 3. The number of hydrogen-bond acceptors (Lipinski definition) is 4. The molecule has 5 heteroatoms. The van der Waals surface area contributed by atoms with Crippen LogP contribution >= 0.6 is 0 Å². The second-order valence-electron chi connectivity index (χ2n) is 6.95. The third-order valence-corrected chi connectivity index (χ3v) is 5.23. The lowest BCUT2D eigenvalue weighted by Gasteiger charge is -2.30. The van der Waals surface area contributed by atoms with Crippen LogP contribution < -0.4 is 20.1 Å². The van der Waals surface area contributed by atoms with Crippen molar-refractivity contribution < 1.29 is 19.9 Å². The van der Waals surface area contributed by atoms with Crippen molar-refractivity contribution in [2.75, 3.05) is 14.2 Å². The van der Waals surface area contributed by atoms with Gasteiger partial charge in [-0.25, -0.2) is 0 Å². The topological polar surface area (TPSA) is 67.3 Å². The molecule has 4 N–H and O–H groups in total. The molecule has 1 heterocycles. The van der Waals surface area contributed by atoms with E-state index in [9.17, 15) is 5.11 Å². The molecule has 29 heavy (non-hydrogen) atoms. The number of methoxy groups -OCH3 is 2. The zero-order valence-corrected chi connectivity index (χ0v) is 16.5. The summed E-state index contributed by atoms with van der Waals surface area (Å²) in [5.74, 6) is 1.93. The van der Waals surface area contributed by atoms with Crippen LogP contribution in [0, 0.1) is 0 Å². The van der Waals surface area contributed by atoms with Crippen molar-refractivity contribution in [2.24, 2.45) is 0 Å². The average molecular weight is 389 g/mol. The van der Waals surface area contributed by atoms with E-state index >= 15 is 0 Å². The molecule has 2 atom stereocenters. The number of nitrogens with two attached hydrogens (primary N) is 1. The lowest BCUT2D eigenvalue weighted by Crippen LogP contribution is -2.89. The monoisotopic (exact) mass is 389 g/mol. The number of para-hydroxylation sites is 2. The second-order valence-corrected chi connectivity index (χ2v) is 6.95. The van der Waals surface area contributed by atoms with Gasteiger partial charge in [-0.15, -0.1) is 0 Å². The Balaban J connectivity index is 1.76. The smallest absolute Gasteiger partial charge is 0.190 e. The third-order valence-electron chi connectivity index (χ3n) is 5.23. The lowest BCUT2D eigenvalue weighted by atomic mass is 9.97. The normalized spacial score (nSPS) is 18.5. The summed E-state index contributed by atoms with van der Waals surface area (Å²) < 4.78 is 10.9. The molecule has 1 aliphatic heterocycles. The van der Waals surface area contributed by atoms with E-state index in [-0.39, 0.29) is 12.2 Å². The second kappa shape index (κ2) is 8.29. The maximum absolute atomic E-state index is 10.4. The minimum Gasteiger partial charge on any atom is -0.507 e. The van der Waals surface area contributed by atoms with Crippen LogP contribution in [-0.2, 0) is 0 Å². The maximum Gasteiger partial charge on any atom is 0.190 e. The number of hydrogen-bond donors (Lipinski definition) is 3. The molecule has 2 unspecified atom stereocenters. The van der Waals surface area contributed by atoms with Gasteiger partial charge in [0.1, 0.15) is 23.3 Å². The van der Waals surface area contributed by atoms with Crippen molar-refractivity contribution in [1.29, 1.82) is 0 Å². The molecular formula is C24H25N2O3+. The minimum absolute atomic E-state index is 0.0514. The van der Waals surface area contributed by atoms with Gasteiger partial charge in [0.15, 0.2) is 6.17 Å². The molecule has 1 aliphatic rings. The predicted octanol–water partition coefficient (Wildman–Crippen LogP) is 3.36. The van der Waals surface area contributed by atoms with E-state index in [4.69, 9.17) is 9.47 Å². The number of quaternary nitrogens is 1. The van der Waals surface area contributed by atoms with Gasteiger partial charge in [-0.05, 0) is 54.1 Å². The SMILES string of the molecule is COc1ccc(C2=CC(c3ccccc3O)[NH2+]C(c3ccccc3OC)N2)cc1. The molecule has 0 amide bonds. The van der Waals surface area contributed by atoms with Crippen molar-refractivity contribution >= 4 is 5.70 Å². The molecule has 0 aromatic heterocycles. The van der Waals surface area contributed by atoms with Gasteiger partial charge in [-0.3, -0.25) is 0 Å². The molecule has 0 aliphatic carbocycles. The number of nitrogens with one attached hydrogen (secondary N) is 1. The van der Waals surface area contributed by atoms with E-state index in [0.717, 1.165) is 33.9 Å². The fourth-order valence-electron chi connectivity index (χ4n) is 3.72. The number of rotatable bonds is 5. The fourth-order valence-corrected chi connectivity index (χ4v) is 3.72. The van der Waals surface area contributed by atoms with Crippen molar-refractivity contribution in [2.45, 2.75) is 12.2 Å². The lowest BCUT2D eigenvalue weighted by molar-refractivity contribution is -0.731. The Morgan fingerprint density at radius 3 is 2.21 bits per heavy atom. The van der Waals surface area contributed by atoms with Crippen molar-refractivity contribution in [3.8, 4) is 17.2 Å². The van der Waals surface area contributed by atoms with Gasteiger partial charge in [-0.2, -0.15) is 0 Å². The summed E-state index contributed by atoms with van der Waals surface area (Å²) >= 11 is 0. The Hall–Kier alpha value is -3.44. The van der Waals surface area contributed by atoms with E-state index in [0.29, 0.717) is 5.75 Å². The Labute approximate surface area is 170 Å². The highest BCUT2D eigenvalue weighted by Gasteiger charge is 2.30. The van der Waals surface area contributed by atoms with Crippen LogP contribution in [0.3, 0.4) is 0 Å². The summed E-state index contributed by atoms with van der Waals surface area (Å²) in [6.07, 6.45) is 2.07. The van der Waals surface area contributed by atoms with Gasteiger partial charge < -0.3 is 25.2 Å². The van der Waals surface area contributed by atoms with Crippen LogP contribution in [0.1, 0.15) is 28.9 Å². The van der Waals surface area contributed by atoms with Crippen LogP contribution in [0.2, 0.25) is 0 Å². The van der Waals surface area contributed by atoms with Gasteiger partial charge in [0.25, 0.3) is 0 Å². The molecule has 5 nitrogen and oxygen atoms in total. The highest BCUT2D eigenvalue weighted by Crippen LogP contribution is 2.31. The van der Waals surface area contributed by atoms with E-state index in [1.54, 1.807) is 20.3 Å².